The second kappa shape index (κ2) is 3.48. The molecule has 0 amide bonds. The van der Waals surface area contributed by atoms with Crippen LogP contribution >= 0.6 is 0 Å². The summed E-state index contributed by atoms with van der Waals surface area (Å²) in [7, 11) is 4.19. The zero-order valence-corrected chi connectivity index (χ0v) is 8.25. The van der Waals surface area contributed by atoms with Crippen molar-refractivity contribution in [3.63, 3.8) is 0 Å². The molecular weight excluding hydrogens is 160 g/mol. The molecule has 13 heavy (non-hydrogen) atoms. The van der Waals surface area contributed by atoms with Gasteiger partial charge in [-0.1, -0.05) is 24.3 Å². The van der Waals surface area contributed by atoms with Crippen LogP contribution in [0.1, 0.15) is 17.2 Å². The summed E-state index contributed by atoms with van der Waals surface area (Å²) in [5.74, 6) is 0. The molecule has 1 atom stereocenters. The molecule has 2 heteroatoms. The van der Waals surface area contributed by atoms with Gasteiger partial charge in [0.15, 0.2) is 0 Å². The van der Waals surface area contributed by atoms with Gasteiger partial charge in [-0.15, -0.1) is 0 Å². The smallest absolute Gasteiger partial charge is 0.0447 e. The molecule has 1 aliphatic heterocycles. The van der Waals surface area contributed by atoms with Gasteiger partial charge in [0.05, 0.1) is 0 Å². The second-order valence-electron chi connectivity index (χ2n) is 3.94. The number of benzene rings is 1. The van der Waals surface area contributed by atoms with Crippen LogP contribution in [0.15, 0.2) is 24.3 Å². The molecule has 70 valence electrons. The van der Waals surface area contributed by atoms with Crippen molar-refractivity contribution >= 4 is 0 Å². The highest BCUT2D eigenvalue weighted by atomic mass is 15.1. The average Bonchev–Trinajstić information content (AvgIpc) is 2.87. The molecule has 1 aromatic carbocycles. The summed E-state index contributed by atoms with van der Waals surface area (Å²) >= 11 is 0. The normalized spacial score (nSPS) is 20.7. The summed E-state index contributed by atoms with van der Waals surface area (Å²) < 4.78 is 0. The van der Waals surface area contributed by atoms with E-state index >= 15 is 0 Å². The van der Waals surface area contributed by atoms with Crippen molar-refractivity contribution in [3.05, 3.63) is 35.4 Å². The van der Waals surface area contributed by atoms with Crippen LogP contribution in [0.5, 0.6) is 0 Å². The fourth-order valence-corrected chi connectivity index (χ4v) is 1.52. The summed E-state index contributed by atoms with van der Waals surface area (Å²) in [6.07, 6.45) is 0. The standard InChI is InChI=1S/C11H16N2/c1-13(2)8-9-3-5-10(6-4-9)11-7-12-11/h3-6,11-12H,7-8H2,1-2H3/t11-/m1/s1. The van der Waals surface area contributed by atoms with E-state index in [1.54, 1.807) is 0 Å². The Labute approximate surface area is 79.6 Å². The minimum atomic E-state index is 0.633. The second-order valence-corrected chi connectivity index (χ2v) is 3.94. The van der Waals surface area contributed by atoms with Gasteiger partial charge in [0.1, 0.15) is 0 Å². The van der Waals surface area contributed by atoms with E-state index in [1.165, 1.54) is 11.1 Å². The molecule has 0 saturated carbocycles. The van der Waals surface area contributed by atoms with Gasteiger partial charge < -0.3 is 10.2 Å². The fourth-order valence-electron chi connectivity index (χ4n) is 1.52. The highest BCUT2D eigenvalue weighted by Crippen LogP contribution is 2.21. The first-order valence-corrected chi connectivity index (χ1v) is 4.72. The van der Waals surface area contributed by atoms with Crippen molar-refractivity contribution in [2.45, 2.75) is 12.6 Å². The Balaban J connectivity index is 2.04. The van der Waals surface area contributed by atoms with Crippen molar-refractivity contribution in [3.8, 4) is 0 Å². The van der Waals surface area contributed by atoms with Crippen molar-refractivity contribution in [2.24, 2.45) is 0 Å². The predicted molar refractivity (Wildman–Crippen MR) is 54.6 cm³/mol. The van der Waals surface area contributed by atoms with Crippen molar-refractivity contribution in [1.82, 2.24) is 10.2 Å². The Morgan fingerprint density at radius 2 is 1.92 bits per heavy atom. The van der Waals surface area contributed by atoms with E-state index in [0.29, 0.717) is 6.04 Å². The lowest BCUT2D eigenvalue weighted by atomic mass is 10.1. The van der Waals surface area contributed by atoms with Crippen LogP contribution in [0.3, 0.4) is 0 Å². The average molecular weight is 176 g/mol. The minimum Gasteiger partial charge on any atom is -0.307 e. The maximum Gasteiger partial charge on any atom is 0.0447 e. The lowest BCUT2D eigenvalue weighted by Crippen LogP contribution is -2.10. The van der Waals surface area contributed by atoms with Crippen LogP contribution in [0.2, 0.25) is 0 Å². The van der Waals surface area contributed by atoms with Gasteiger partial charge in [-0.2, -0.15) is 0 Å². The highest BCUT2D eigenvalue weighted by Gasteiger charge is 2.21. The number of hydrogen-bond acceptors (Lipinski definition) is 2. The molecule has 1 aromatic rings. The molecule has 1 N–H and O–H groups in total. The van der Waals surface area contributed by atoms with Crippen LogP contribution < -0.4 is 5.32 Å². The van der Waals surface area contributed by atoms with Crippen molar-refractivity contribution in [1.29, 1.82) is 0 Å². The van der Waals surface area contributed by atoms with Gasteiger partial charge in [-0.3, -0.25) is 0 Å². The number of rotatable bonds is 3. The van der Waals surface area contributed by atoms with Crippen LogP contribution in [-0.4, -0.2) is 25.5 Å². The third-order valence-corrected chi connectivity index (χ3v) is 2.29. The van der Waals surface area contributed by atoms with Gasteiger partial charge in [0, 0.05) is 19.1 Å². The van der Waals surface area contributed by atoms with Gasteiger partial charge in [-0.05, 0) is 25.2 Å². The van der Waals surface area contributed by atoms with Crippen LogP contribution in [0.4, 0.5) is 0 Å². The zero-order valence-electron chi connectivity index (χ0n) is 8.25. The van der Waals surface area contributed by atoms with E-state index in [1.807, 2.05) is 0 Å². The zero-order chi connectivity index (χ0) is 9.26. The van der Waals surface area contributed by atoms with Gasteiger partial charge >= 0.3 is 0 Å². The van der Waals surface area contributed by atoms with Crippen molar-refractivity contribution < 1.29 is 0 Å². The summed E-state index contributed by atoms with van der Waals surface area (Å²) in [6, 6.07) is 9.52. The van der Waals surface area contributed by atoms with E-state index in [0.717, 1.165) is 13.1 Å². The molecule has 0 spiro atoms. The monoisotopic (exact) mass is 176 g/mol. The summed E-state index contributed by atoms with van der Waals surface area (Å²) in [6.45, 7) is 2.17. The molecule has 0 aromatic heterocycles. The molecule has 0 bridgehead atoms. The SMILES string of the molecule is CN(C)Cc1ccc([C@H]2CN2)cc1. The van der Waals surface area contributed by atoms with E-state index < -0.39 is 0 Å². The molecule has 0 unspecified atom stereocenters. The third kappa shape index (κ3) is 2.29. The Kier molecular flexibility index (Phi) is 2.34. The molecule has 1 saturated heterocycles. The van der Waals surface area contributed by atoms with E-state index in [-0.39, 0.29) is 0 Å². The molecule has 1 fully saturated rings. The molecule has 2 rings (SSSR count). The molecule has 1 aliphatic rings. The van der Waals surface area contributed by atoms with Crippen molar-refractivity contribution in [2.75, 3.05) is 20.6 Å². The van der Waals surface area contributed by atoms with Crippen LogP contribution in [-0.2, 0) is 6.54 Å². The van der Waals surface area contributed by atoms with E-state index in [9.17, 15) is 0 Å². The first-order valence-electron chi connectivity index (χ1n) is 4.72. The van der Waals surface area contributed by atoms with Gasteiger partial charge in [-0.25, -0.2) is 0 Å². The Morgan fingerprint density at radius 1 is 1.31 bits per heavy atom. The number of nitrogens with zero attached hydrogens (tertiary/aromatic N) is 1. The van der Waals surface area contributed by atoms with Gasteiger partial charge in [0.2, 0.25) is 0 Å². The third-order valence-electron chi connectivity index (χ3n) is 2.29. The maximum absolute atomic E-state index is 3.30. The van der Waals surface area contributed by atoms with Crippen LogP contribution in [0.25, 0.3) is 0 Å². The Bertz CT molecular complexity index is 273. The molecule has 0 aliphatic carbocycles. The molecular formula is C11H16N2. The van der Waals surface area contributed by atoms with E-state index in [4.69, 9.17) is 0 Å². The Morgan fingerprint density at radius 3 is 2.38 bits per heavy atom. The summed E-state index contributed by atoms with van der Waals surface area (Å²) in [4.78, 5) is 2.18. The first-order chi connectivity index (χ1) is 6.25. The molecule has 2 nitrogen and oxygen atoms in total. The topological polar surface area (TPSA) is 25.2 Å². The molecule has 0 radical (unpaired) electrons. The summed E-state index contributed by atoms with van der Waals surface area (Å²) in [5, 5.41) is 3.30. The minimum absolute atomic E-state index is 0.633. The van der Waals surface area contributed by atoms with Crippen LogP contribution in [0, 0.1) is 0 Å². The lowest BCUT2D eigenvalue weighted by Gasteiger charge is -2.09. The fraction of sp³-hybridized carbons (Fsp3) is 0.455. The van der Waals surface area contributed by atoms with Gasteiger partial charge in [0.25, 0.3) is 0 Å². The quantitative estimate of drug-likeness (QED) is 0.704. The summed E-state index contributed by atoms with van der Waals surface area (Å²) in [5.41, 5.74) is 2.80. The first kappa shape index (κ1) is 8.73. The lowest BCUT2D eigenvalue weighted by molar-refractivity contribution is 0.402. The highest BCUT2D eigenvalue weighted by molar-refractivity contribution is 5.27. The maximum atomic E-state index is 3.30. The largest absolute Gasteiger partial charge is 0.307 e. The Hall–Kier alpha value is -0.860. The number of hydrogen-bond donors (Lipinski definition) is 1. The number of nitrogens with one attached hydrogen (secondary N) is 1. The van der Waals surface area contributed by atoms with E-state index in [2.05, 4.69) is 48.6 Å². The predicted octanol–water partition coefficient (Wildman–Crippen LogP) is 1.39. The molecule has 1 heterocycles.